The second-order valence-corrected chi connectivity index (χ2v) is 4.81. The van der Waals surface area contributed by atoms with E-state index in [1.807, 2.05) is 12.4 Å². The monoisotopic (exact) mass is 242 g/mol. The first-order chi connectivity index (χ1) is 8.93. The Bertz CT molecular complexity index is 515. The molecule has 2 heterocycles. The summed E-state index contributed by atoms with van der Waals surface area (Å²) in [5.74, 6) is 0. The van der Waals surface area contributed by atoms with Crippen molar-refractivity contribution in [2.45, 2.75) is 25.4 Å². The molecular formula is C15H18N2O. The Labute approximate surface area is 107 Å². The van der Waals surface area contributed by atoms with Gasteiger partial charge < -0.3 is 10.1 Å². The number of hydrogen-bond acceptors (Lipinski definition) is 3. The predicted molar refractivity (Wildman–Crippen MR) is 72.4 cm³/mol. The Balaban J connectivity index is 1.74. The van der Waals surface area contributed by atoms with E-state index in [0.29, 0.717) is 6.04 Å². The maximum absolute atomic E-state index is 5.49. The zero-order chi connectivity index (χ0) is 12.2. The molecule has 3 nitrogen and oxygen atoms in total. The standard InChI is InChI=1S/C15H18N2O/c1-3-12-9-16-7-6-15(12)13(4-1)10-17-14-5-2-8-18-11-14/h1,3-4,6-7,9,14,17H,2,5,8,10-11H2. The number of nitrogens with one attached hydrogen (secondary N) is 1. The van der Waals surface area contributed by atoms with E-state index in [4.69, 9.17) is 4.74 Å². The molecule has 0 spiro atoms. The minimum atomic E-state index is 0.496. The van der Waals surface area contributed by atoms with E-state index >= 15 is 0 Å². The molecule has 2 aromatic rings. The van der Waals surface area contributed by atoms with Crippen molar-refractivity contribution < 1.29 is 4.74 Å². The molecule has 1 unspecified atom stereocenters. The number of benzene rings is 1. The Morgan fingerprint density at radius 2 is 2.33 bits per heavy atom. The Hall–Kier alpha value is -1.45. The topological polar surface area (TPSA) is 34.1 Å². The lowest BCUT2D eigenvalue weighted by molar-refractivity contribution is 0.0700. The molecule has 0 bridgehead atoms. The molecule has 1 aromatic carbocycles. The minimum Gasteiger partial charge on any atom is -0.380 e. The van der Waals surface area contributed by atoms with E-state index in [1.165, 1.54) is 22.8 Å². The molecule has 18 heavy (non-hydrogen) atoms. The molecule has 1 aliphatic rings. The summed E-state index contributed by atoms with van der Waals surface area (Å²) >= 11 is 0. The van der Waals surface area contributed by atoms with Crippen molar-refractivity contribution in [2.24, 2.45) is 0 Å². The van der Waals surface area contributed by atoms with Crippen molar-refractivity contribution in [3.63, 3.8) is 0 Å². The Morgan fingerprint density at radius 3 is 3.22 bits per heavy atom. The van der Waals surface area contributed by atoms with Crippen LogP contribution < -0.4 is 5.32 Å². The van der Waals surface area contributed by atoms with Crippen LogP contribution in [0.25, 0.3) is 10.8 Å². The molecule has 0 aliphatic carbocycles. The van der Waals surface area contributed by atoms with Crippen LogP contribution in [-0.2, 0) is 11.3 Å². The molecule has 94 valence electrons. The van der Waals surface area contributed by atoms with E-state index in [0.717, 1.165) is 26.2 Å². The molecule has 1 fully saturated rings. The lowest BCUT2D eigenvalue weighted by atomic mass is 10.1. The van der Waals surface area contributed by atoms with Gasteiger partial charge in [0.1, 0.15) is 0 Å². The van der Waals surface area contributed by atoms with Gasteiger partial charge in [-0.3, -0.25) is 4.98 Å². The number of pyridine rings is 1. The van der Waals surface area contributed by atoms with E-state index < -0.39 is 0 Å². The average molecular weight is 242 g/mol. The van der Waals surface area contributed by atoms with Crippen LogP contribution in [0.5, 0.6) is 0 Å². The molecule has 1 aliphatic heterocycles. The van der Waals surface area contributed by atoms with Crippen LogP contribution in [0.4, 0.5) is 0 Å². The average Bonchev–Trinajstić information content (AvgIpc) is 2.46. The summed E-state index contributed by atoms with van der Waals surface area (Å²) in [5, 5.41) is 6.08. The SMILES string of the molecule is c1cc(CNC2CCCOC2)c2ccncc2c1. The third-order valence-corrected chi connectivity index (χ3v) is 3.51. The van der Waals surface area contributed by atoms with E-state index in [2.05, 4.69) is 34.6 Å². The van der Waals surface area contributed by atoms with Gasteiger partial charge >= 0.3 is 0 Å². The lowest BCUT2D eigenvalue weighted by Crippen LogP contribution is -2.36. The highest BCUT2D eigenvalue weighted by Gasteiger charge is 2.13. The van der Waals surface area contributed by atoms with Crippen LogP contribution in [0.3, 0.4) is 0 Å². The lowest BCUT2D eigenvalue weighted by Gasteiger charge is -2.23. The first kappa shape index (κ1) is 11.6. The van der Waals surface area contributed by atoms with Gasteiger partial charge in [0.15, 0.2) is 0 Å². The first-order valence-electron chi connectivity index (χ1n) is 6.56. The summed E-state index contributed by atoms with van der Waals surface area (Å²) in [4.78, 5) is 4.16. The fourth-order valence-electron chi connectivity index (χ4n) is 2.50. The van der Waals surface area contributed by atoms with Gasteiger partial charge in [0.25, 0.3) is 0 Å². The Kier molecular flexibility index (Phi) is 3.53. The number of ether oxygens (including phenoxy) is 1. The molecule has 1 saturated heterocycles. The van der Waals surface area contributed by atoms with E-state index in [-0.39, 0.29) is 0 Å². The zero-order valence-electron chi connectivity index (χ0n) is 10.4. The van der Waals surface area contributed by atoms with Crippen molar-refractivity contribution in [1.82, 2.24) is 10.3 Å². The zero-order valence-corrected chi connectivity index (χ0v) is 10.4. The van der Waals surface area contributed by atoms with Gasteiger partial charge in [-0.05, 0) is 29.9 Å². The molecule has 1 aromatic heterocycles. The molecule has 0 radical (unpaired) electrons. The molecule has 0 amide bonds. The van der Waals surface area contributed by atoms with Crippen molar-refractivity contribution in [3.05, 3.63) is 42.2 Å². The molecule has 3 heteroatoms. The maximum Gasteiger partial charge on any atom is 0.0619 e. The summed E-state index contributed by atoms with van der Waals surface area (Å²) in [7, 11) is 0. The van der Waals surface area contributed by atoms with Gasteiger partial charge in [0.05, 0.1) is 6.61 Å². The first-order valence-corrected chi connectivity index (χ1v) is 6.56. The number of fused-ring (bicyclic) bond motifs is 1. The third kappa shape index (κ3) is 2.52. The Morgan fingerprint density at radius 1 is 1.33 bits per heavy atom. The van der Waals surface area contributed by atoms with Gasteiger partial charge in [0, 0.05) is 37.0 Å². The van der Waals surface area contributed by atoms with Crippen LogP contribution in [-0.4, -0.2) is 24.2 Å². The summed E-state index contributed by atoms with van der Waals surface area (Å²) in [5.41, 5.74) is 1.33. The quantitative estimate of drug-likeness (QED) is 0.898. The number of hydrogen-bond donors (Lipinski definition) is 1. The third-order valence-electron chi connectivity index (χ3n) is 3.51. The van der Waals surface area contributed by atoms with Crippen LogP contribution >= 0.6 is 0 Å². The highest BCUT2D eigenvalue weighted by Crippen LogP contribution is 2.17. The summed E-state index contributed by atoms with van der Waals surface area (Å²) < 4.78 is 5.49. The summed E-state index contributed by atoms with van der Waals surface area (Å²) in [6.45, 7) is 2.65. The minimum absolute atomic E-state index is 0.496. The number of nitrogens with zero attached hydrogens (tertiary/aromatic N) is 1. The van der Waals surface area contributed by atoms with Gasteiger partial charge in [-0.15, -0.1) is 0 Å². The van der Waals surface area contributed by atoms with Crippen molar-refractivity contribution in [2.75, 3.05) is 13.2 Å². The van der Waals surface area contributed by atoms with Gasteiger partial charge in [-0.25, -0.2) is 0 Å². The second kappa shape index (κ2) is 5.46. The predicted octanol–water partition coefficient (Wildman–Crippen LogP) is 2.50. The fourth-order valence-corrected chi connectivity index (χ4v) is 2.50. The number of aromatic nitrogens is 1. The van der Waals surface area contributed by atoms with Crippen molar-refractivity contribution >= 4 is 10.8 Å². The normalized spacial score (nSPS) is 20.1. The second-order valence-electron chi connectivity index (χ2n) is 4.81. The van der Waals surface area contributed by atoms with Crippen LogP contribution in [0.2, 0.25) is 0 Å². The van der Waals surface area contributed by atoms with Gasteiger partial charge in [-0.1, -0.05) is 18.2 Å². The summed E-state index contributed by atoms with van der Waals surface area (Å²) in [6, 6.07) is 8.97. The number of rotatable bonds is 3. The molecular weight excluding hydrogens is 224 g/mol. The van der Waals surface area contributed by atoms with Gasteiger partial charge in [0.2, 0.25) is 0 Å². The molecule has 0 saturated carbocycles. The van der Waals surface area contributed by atoms with E-state index in [1.54, 1.807) is 0 Å². The highest BCUT2D eigenvalue weighted by atomic mass is 16.5. The summed E-state index contributed by atoms with van der Waals surface area (Å²) in [6.07, 6.45) is 6.15. The van der Waals surface area contributed by atoms with Crippen LogP contribution in [0.1, 0.15) is 18.4 Å². The van der Waals surface area contributed by atoms with Gasteiger partial charge in [-0.2, -0.15) is 0 Å². The molecule has 1 N–H and O–H groups in total. The largest absolute Gasteiger partial charge is 0.380 e. The van der Waals surface area contributed by atoms with Crippen molar-refractivity contribution in [3.8, 4) is 0 Å². The smallest absolute Gasteiger partial charge is 0.0619 e. The fraction of sp³-hybridized carbons (Fsp3) is 0.400. The molecule has 3 rings (SSSR count). The van der Waals surface area contributed by atoms with Crippen LogP contribution in [0.15, 0.2) is 36.7 Å². The van der Waals surface area contributed by atoms with Crippen LogP contribution in [0, 0.1) is 0 Å². The highest BCUT2D eigenvalue weighted by molar-refractivity contribution is 5.84. The maximum atomic E-state index is 5.49. The van der Waals surface area contributed by atoms with Crippen molar-refractivity contribution in [1.29, 1.82) is 0 Å². The van der Waals surface area contributed by atoms with E-state index in [9.17, 15) is 0 Å². The molecule has 1 atom stereocenters.